The van der Waals surface area contributed by atoms with Gasteiger partial charge in [0.2, 0.25) is 0 Å². The molecule has 0 aromatic carbocycles. The molecule has 1 aromatic heterocycles. The number of carbonyl (C=O) groups excluding carboxylic acids is 1. The summed E-state index contributed by atoms with van der Waals surface area (Å²) in [4.78, 5) is 12.3. The van der Waals surface area contributed by atoms with Gasteiger partial charge in [0.1, 0.15) is 5.69 Å². The highest BCUT2D eigenvalue weighted by Crippen LogP contribution is 2.18. The van der Waals surface area contributed by atoms with E-state index < -0.39 is 6.10 Å². The Labute approximate surface area is 127 Å². The number of aryl methyl sites for hydroxylation is 1. The molecule has 5 heteroatoms. The van der Waals surface area contributed by atoms with Crippen LogP contribution < -0.4 is 5.32 Å². The molecule has 0 bridgehead atoms. The molecule has 0 radical (unpaired) electrons. The molecule has 2 N–H and O–H groups in total. The Morgan fingerprint density at radius 2 is 2.00 bits per heavy atom. The maximum atomic E-state index is 12.3. The predicted octanol–water partition coefficient (Wildman–Crippen LogP) is 2.69. The van der Waals surface area contributed by atoms with Gasteiger partial charge in [-0.05, 0) is 38.2 Å². The average Bonchev–Trinajstić information content (AvgIpc) is 2.79. The molecule has 1 rings (SSSR count). The Bertz CT molecular complexity index is 450. The van der Waals surface area contributed by atoms with E-state index in [4.69, 9.17) is 0 Å². The molecule has 21 heavy (non-hydrogen) atoms. The van der Waals surface area contributed by atoms with Crippen LogP contribution in [0.15, 0.2) is 6.07 Å². The number of carbonyl (C=O) groups is 1. The van der Waals surface area contributed by atoms with Crippen molar-refractivity contribution in [3.63, 3.8) is 0 Å². The smallest absolute Gasteiger partial charge is 0.269 e. The summed E-state index contributed by atoms with van der Waals surface area (Å²) in [5.41, 5.74) is 1.42. The molecule has 0 aliphatic heterocycles. The van der Waals surface area contributed by atoms with Crippen molar-refractivity contribution in [2.24, 2.45) is 5.92 Å². The van der Waals surface area contributed by atoms with Crippen LogP contribution in [0.3, 0.4) is 0 Å². The lowest BCUT2D eigenvalue weighted by molar-refractivity contribution is 0.0887. The number of aliphatic hydroxyl groups is 1. The topological polar surface area (TPSA) is 67.2 Å². The molecule has 0 spiro atoms. The predicted molar refractivity (Wildman–Crippen MR) is 84.4 cm³/mol. The van der Waals surface area contributed by atoms with E-state index >= 15 is 0 Å². The SMILES string of the molecule is CCC(CC)n1nc(C)cc1C(=O)NCC(O)CC(C)C. The lowest BCUT2D eigenvalue weighted by Gasteiger charge is -2.17. The molecule has 0 fully saturated rings. The van der Waals surface area contributed by atoms with Gasteiger partial charge in [0, 0.05) is 6.54 Å². The van der Waals surface area contributed by atoms with Gasteiger partial charge in [-0.3, -0.25) is 9.48 Å². The van der Waals surface area contributed by atoms with Crippen molar-refractivity contribution >= 4 is 5.91 Å². The molecule has 120 valence electrons. The third-order valence-corrected chi connectivity index (χ3v) is 3.62. The van der Waals surface area contributed by atoms with E-state index in [0.29, 0.717) is 18.0 Å². The molecule has 1 aromatic rings. The molecule has 0 aliphatic rings. The van der Waals surface area contributed by atoms with Gasteiger partial charge in [-0.15, -0.1) is 0 Å². The quantitative estimate of drug-likeness (QED) is 0.775. The van der Waals surface area contributed by atoms with Crippen LogP contribution in [0.4, 0.5) is 0 Å². The van der Waals surface area contributed by atoms with Crippen molar-refractivity contribution in [3.05, 3.63) is 17.5 Å². The minimum atomic E-state index is -0.500. The minimum absolute atomic E-state index is 0.162. The number of amides is 1. The van der Waals surface area contributed by atoms with E-state index in [0.717, 1.165) is 18.5 Å². The summed E-state index contributed by atoms with van der Waals surface area (Å²) >= 11 is 0. The minimum Gasteiger partial charge on any atom is -0.391 e. The first-order chi connectivity index (χ1) is 9.88. The zero-order valence-electron chi connectivity index (χ0n) is 13.9. The molecule has 1 unspecified atom stereocenters. The van der Waals surface area contributed by atoms with Crippen molar-refractivity contribution in [2.45, 2.75) is 66.0 Å². The Morgan fingerprint density at radius 3 is 2.52 bits per heavy atom. The summed E-state index contributed by atoms with van der Waals surface area (Å²) in [5.74, 6) is 0.250. The monoisotopic (exact) mass is 295 g/mol. The second-order valence-electron chi connectivity index (χ2n) is 6.08. The van der Waals surface area contributed by atoms with E-state index in [1.54, 1.807) is 0 Å². The first kappa shape index (κ1) is 17.7. The first-order valence-corrected chi connectivity index (χ1v) is 7.91. The number of aromatic nitrogens is 2. The highest BCUT2D eigenvalue weighted by atomic mass is 16.3. The van der Waals surface area contributed by atoms with Crippen LogP contribution in [0.1, 0.15) is 69.2 Å². The van der Waals surface area contributed by atoms with Gasteiger partial charge in [0.15, 0.2) is 0 Å². The van der Waals surface area contributed by atoms with Crippen LogP contribution in [0, 0.1) is 12.8 Å². The van der Waals surface area contributed by atoms with Gasteiger partial charge in [-0.1, -0.05) is 27.7 Å². The second kappa shape index (κ2) is 8.17. The molecule has 1 atom stereocenters. The molecular weight excluding hydrogens is 266 g/mol. The standard InChI is InChI=1S/C16H29N3O2/c1-6-13(7-2)19-15(9-12(5)18-19)16(21)17-10-14(20)8-11(3)4/h9,11,13-14,20H,6-8,10H2,1-5H3,(H,17,21). The van der Waals surface area contributed by atoms with E-state index in [9.17, 15) is 9.90 Å². The summed E-state index contributed by atoms with van der Waals surface area (Å²) < 4.78 is 1.82. The van der Waals surface area contributed by atoms with Crippen molar-refractivity contribution in [2.75, 3.05) is 6.54 Å². The van der Waals surface area contributed by atoms with E-state index in [1.807, 2.05) is 17.7 Å². The zero-order valence-corrected chi connectivity index (χ0v) is 13.9. The molecular formula is C16H29N3O2. The first-order valence-electron chi connectivity index (χ1n) is 7.91. The Hall–Kier alpha value is -1.36. The molecule has 1 heterocycles. The summed E-state index contributed by atoms with van der Waals surface area (Å²) in [6, 6.07) is 2.04. The lowest BCUT2D eigenvalue weighted by Crippen LogP contribution is -2.34. The van der Waals surface area contributed by atoms with E-state index in [-0.39, 0.29) is 18.5 Å². The van der Waals surface area contributed by atoms with Crippen molar-refractivity contribution in [1.82, 2.24) is 15.1 Å². The number of hydrogen-bond donors (Lipinski definition) is 2. The molecule has 0 aliphatic carbocycles. The Morgan fingerprint density at radius 1 is 1.38 bits per heavy atom. The average molecular weight is 295 g/mol. The summed E-state index contributed by atoms with van der Waals surface area (Å²) in [7, 11) is 0. The third-order valence-electron chi connectivity index (χ3n) is 3.62. The van der Waals surface area contributed by atoms with Gasteiger partial charge in [0.25, 0.3) is 5.91 Å². The van der Waals surface area contributed by atoms with Crippen LogP contribution in [0.25, 0.3) is 0 Å². The van der Waals surface area contributed by atoms with Crippen LogP contribution >= 0.6 is 0 Å². The van der Waals surface area contributed by atoms with Crippen molar-refractivity contribution in [1.29, 1.82) is 0 Å². The maximum absolute atomic E-state index is 12.3. The van der Waals surface area contributed by atoms with Gasteiger partial charge in [-0.2, -0.15) is 5.10 Å². The Balaban J connectivity index is 2.74. The maximum Gasteiger partial charge on any atom is 0.269 e. The summed E-state index contributed by atoms with van der Waals surface area (Å²) in [5, 5.41) is 17.1. The number of nitrogens with one attached hydrogen (secondary N) is 1. The highest BCUT2D eigenvalue weighted by molar-refractivity contribution is 5.92. The summed E-state index contributed by atoms with van der Waals surface area (Å²) in [6.07, 6.45) is 2.06. The van der Waals surface area contributed by atoms with Gasteiger partial charge in [0.05, 0.1) is 17.8 Å². The molecule has 5 nitrogen and oxygen atoms in total. The Kier molecular flexibility index (Phi) is 6.89. The third kappa shape index (κ3) is 5.16. The fourth-order valence-corrected chi connectivity index (χ4v) is 2.53. The van der Waals surface area contributed by atoms with Gasteiger partial charge >= 0.3 is 0 Å². The van der Waals surface area contributed by atoms with Crippen LogP contribution in [0.2, 0.25) is 0 Å². The molecule has 0 saturated heterocycles. The van der Waals surface area contributed by atoms with E-state index in [2.05, 4.69) is 38.1 Å². The number of nitrogens with zero attached hydrogens (tertiary/aromatic N) is 2. The highest BCUT2D eigenvalue weighted by Gasteiger charge is 2.19. The van der Waals surface area contributed by atoms with Crippen molar-refractivity contribution in [3.8, 4) is 0 Å². The summed E-state index contributed by atoms with van der Waals surface area (Å²) in [6.45, 7) is 10.5. The van der Waals surface area contributed by atoms with Gasteiger partial charge < -0.3 is 10.4 Å². The number of aliphatic hydroxyl groups excluding tert-OH is 1. The van der Waals surface area contributed by atoms with Crippen molar-refractivity contribution < 1.29 is 9.90 Å². The van der Waals surface area contributed by atoms with Crippen LogP contribution in [-0.2, 0) is 0 Å². The van der Waals surface area contributed by atoms with Gasteiger partial charge in [-0.25, -0.2) is 0 Å². The zero-order chi connectivity index (χ0) is 16.0. The number of rotatable bonds is 8. The molecule has 0 saturated carbocycles. The fourth-order valence-electron chi connectivity index (χ4n) is 2.53. The van der Waals surface area contributed by atoms with Crippen LogP contribution in [0.5, 0.6) is 0 Å². The largest absolute Gasteiger partial charge is 0.391 e. The second-order valence-corrected chi connectivity index (χ2v) is 6.08. The van der Waals surface area contributed by atoms with Crippen LogP contribution in [-0.4, -0.2) is 33.4 Å². The number of hydrogen-bond acceptors (Lipinski definition) is 3. The van der Waals surface area contributed by atoms with E-state index in [1.165, 1.54) is 0 Å². The lowest BCUT2D eigenvalue weighted by atomic mass is 10.1. The fraction of sp³-hybridized carbons (Fsp3) is 0.750. The normalized spacial score (nSPS) is 13.0. The molecule has 1 amide bonds.